The molecule has 0 aliphatic carbocycles. The van der Waals surface area contributed by atoms with E-state index in [1.54, 1.807) is 0 Å². The molecular weight excluding hydrogens is 236 g/mol. The second kappa shape index (κ2) is 9.57. The molecule has 0 saturated carbocycles. The van der Waals surface area contributed by atoms with E-state index in [4.69, 9.17) is 10.5 Å². The van der Waals surface area contributed by atoms with Crippen molar-refractivity contribution < 1.29 is 4.74 Å². The van der Waals surface area contributed by atoms with E-state index < -0.39 is 0 Å². The first-order valence-electron chi connectivity index (χ1n) is 6.88. The highest BCUT2D eigenvalue weighted by atomic mass is 16.5. The molecule has 2 N–H and O–H groups in total. The lowest BCUT2D eigenvalue weighted by Gasteiger charge is -2.20. The molecule has 0 spiro atoms. The van der Waals surface area contributed by atoms with Gasteiger partial charge in [-0.15, -0.1) is 0 Å². The van der Waals surface area contributed by atoms with Crippen molar-refractivity contribution in [3.8, 4) is 11.8 Å². The van der Waals surface area contributed by atoms with E-state index in [0.717, 1.165) is 38.4 Å². The van der Waals surface area contributed by atoms with Crippen LogP contribution in [0.3, 0.4) is 0 Å². The molecule has 0 aliphatic heterocycles. The lowest BCUT2D eigenvalue weighted by molar-refractivity contribution is 0.113. The number of hydrogen-bond acceptors (Lipinski definition) is 3. The Morgan fingerprint density at radius 3 is 2.53 bits per heavy atom. The van der Waals surface area contributed by atoms with Crippen LogP contribution < -0.4 is 5.73 Å². The molecule has 0 amide bonds. The summed E-state index contributed by atoms with van der Waals surface area (Å²) in [5, 5.41) is 0. The molecule has 0 aliphatic rings. The van der Waals surface area contributed by atoms with Crippen LogP contribution in [-0.4, -0.2) is 37.7 Å². The minimum absolute atomic E-state index is 0.406. The van der Waals surface area contributed by atoms with Gasteiger partial charge in [0.05, 0.1) is 13.2 Å². The largest absolute Gasteiger partial charge is 0.380 e. The third-order valence-electron chi connectivity index (χ3n) is 2.90. The van der Waals surface area contributed by atoms with Gasteiger partial charge >= 0.3 is 0 Å². The molecule has 0 atom stereocenters. The quantitative estimate of drug-likeness (QED) is 0.601. The molecule has 0 aromatic heterocycles. The molecule has 1 aromatic carbocycles. The fraction of sp³-hybridized carbons (Fsp3) is 0.500. The van der Waals surface area contributed by atoms with Gasteiger partial charge in [0.1, 0.15) is 0 Å². The van der Waals surface area contributed by atoms with Gasteiger partial charge in [0.15, 0.2) is 0 Å². The second-order valence-electron chi connectivity index (χ2n) is 4.27. The summed E-state index contributed by atoms with van der Waals surface area (Å²) in [5.74, 6) is 5.89. The number of benzene rings is 1. The molecule has 0 saturated heterocycles. The highest BCUT2D eigenvalue weighted by Crippen LogP contribution is 2.07. The standard InChI is InChI=1S/C16H24N2O/c1-3-18(12-13-19-4-2)14-16-9-7-15(8-10-16)6-5-11-17/h7-10H,3-4,11-14,17H2,1-2H3. The Morgan fingerprint density at radius 1 is 1.21 bits per heavy atom. The van der Waals surface area contributed by atoms with Crippen LogP contribution in [0.15, 0.2) is 24.3 Å². The molecule has 19 heavy (non-hydrogen) atoms. The summed E-state index contributed by atoms with van der Waals surface area (Å²) < 4.78 is 5.40. The maximum atomic E-state index is 5.40. The molecule has 0 bridgehead atoms. The first kappa shape index (κ1) is 15.7. The van der Waals surface area contributed by atoms with Crippen molar-refractivity contribution in [1.29, 1.82) is 0 Å². The summed E-state index contributed by atoms with van der Waals surface area (Å²) in [6.07, 6.45) is 0. The molecule has 0 heterocycles. The molecule has 1 rings (SSSR count). The lowest BCUT2D eigenvalue weighted by Crippen LogP contribution is -2.27. The summed E-state index contributed by atoms with van der Waals surface area (Å²) in [4.78, 5) is 2.37. The van der Waals surface area contributed by atoms with Crippen LogP contribution in [0.1, 0.15) is 25.0 Å². The highest BCUT2D eigenvalue weighted by Gasteiger charge is 2.03. The summed E-state index contributed by atoms with van der Waals surface area (Å²) in [7, 11) is 0. The first-order valence-corrected chi connectivity index (χ1v) is 6.88. The van der Waals surface area contributed by atoms with Gasteiger partial charge in [-0.1, -0.05) is 30.9 Å². The van der Waals surface area contributed by atoms with Crippen LogP contribution in [0.5, 0.6) is 0 Å². The zero-order valence-corrected chi connectivity index (χ0v) is 12.0. The third kappa shape index (κ3) is 6.40. The average Bonchev–Trinajstić information content (AvgIpc) is 2.45. The molecule has 0 radical (unpaired) electrons. The van der Waals surface area contributed by atoms with E-state index >= 15 is 0 Å². The van der Waals surface area contributed by atoms with Gasteiger partial charge in [-0.25, -0.2) is 0 Å². The number of nitrogens with zero attached hydrogens (tertiary/aromatic N) is 1. The molecule has 0 unspecified atom stereocenters. The van der Waals surface area contributed by atoms with Crippen LogP contribution in [-0.2, 0) is 11.3 Å². The summed E-state index contributed by atoms with van der Waals surface area (Å²) in [6, 6.07) is 8.36. The van der Waals surface area contributed by atoms with Gasteiger partial charge in [0, 0.05) is 25.3 Å². The predicted octanol–water partition coefficient (Wildman–Crippen LogP) is 1.86. The lowest BCUT2D eigenvalue weighted by atomic mass is 10.1. The number of likely N-dealkylation sites (N-methyl/N-ethyl adjacent to an activating group) is 1. The number of ether oxygens (including phenoxy) is 1. The van der Waals surface area contributed by atoms with Gasteiger partial charge in [-0.3, -0.25) is 4.90 Å². The smallest absolute Gasteiger partial charge is 0.0593 e. The minimum atomic E-state index is 0.406. The number of rotatable bonds is 7. The fourth-order valence-corrected chi connectivity index (χ4v) is 1.79. The van der Waals surface area contributed by atoms with Crippen molar-refractivity contribution in [3.63, 3.8) is 0 Å². The minimum Gasteiger partial charge on any atom is -0.380 e. The Hall–Kier alpha value is -1.34. The van der Waals surface area contributed by atoms with Crippen LogP contribution >= 0.6 is 0 Å². The summed E-state index contributed by atoms with van der Waals surface area (Å²) in [6.45, 7) is 9.14. The van der Waals surface area contributed by atoms with Crippen LogP contribution in [0.2, 0.25) is 0 Å². The van der Waals surface area contributed by atoms with Crippen LogP contribution in [0.25, 0.3) is 0 Å². The van der Waals surface area contributed by atoms with Crippen LogP contribution in [0.4, 0.5) is 0 Å². The van der Waals surface area contributed by atoms with E-state index in [1.807, 2.05) is 19.1 Å². The van der Waals surface area contributed by atoms with Crippen molar-refractivity contribution in [3.05, 3.63) is 35.4 Å². The Balaban J connectivity index is 2.50. The molecule has 0 fully saturated rings. The van der Waals surface area contributed by atoms with Crippen LogP contribution in [0, 0.1) is 11.8 Å². The van der Waals surface area contributed by atoms with E-state index in [0.29, 0.717) is 6.54 Å². The Kier molecular flexibility index (Phi) is 7.92. The molecular formula is C16H24N2O. The predicted molar refractivity (Wildman–Crippen MR) is 79.8 cm³/mol. The van der Waals surface area contributed by atoms with E-state index in [2.05, 4.69) is 35.8 Å². The fourth-order valence-electron chi connectivity index (χ4n) is 1.79. The first-order chi connectivity index (χ1) is 9.30. The molecule has 3 heteroatoms. The van der Waals surface area contributed by atoms with Crippen molar-refractivity contribution in [2.75, 3.05) is 32.8 Å². The van der Waals surface area contributed by atoms with Gasteiger partial charge in [0.2, 0.25) is 0 Å². The van der Waals surface area contributed by atoms with Gasteiger partial charge in [-0.2, -0.15) is 0 Å². The van der Waals surface area contributed by atoms with Crippen molar-refractivity contribution in [1.82, 2.24) is 4.90 Å². The van der Waals surface area contributed by atoms with Gasteiger partial charge in [0.25, 0.3) is 0 Å². The zero-order valence-electron chi connectivity index (χ0n) is 12.0. The molecule has 3 nitrogen and oxygen atoms in total. The van der Waals surface area contributed by atoms with Gasteiger partial charge < -0.3 is 10.5 Å². The van der Waals surface area contributed by atoms with E-state index in [9.17, 15) is 0 Å². The van der Waals surface area contributed by atoms with Gasteiger partial charge in [-0.05, 0) is 31.2 Å². The van der Waals surface area contributed by atoms with E-state index in [1.165, 1.54) is 5.56 Å². The third-order valence-corrected chi connectivity index (χ3v) is 2.90. The maximum Gasteiger partial charge on any atom is 0.0593 e. The van der Waals surface area contributed by atoms with Crippen molar-refractivity contribution >= 4 is 0 Å². The zero-order chi connectivity index (χ0) is 13.9. The second-order valence-corrected chi connectivity index (χ2v) is 4.27. The monoisotopic (exact) mass is 260 g/mol. The number of nitrogens with two attached hydrogens (primary N) is 1. The Morgan fingerprint density at radius 2 is 1.95 bits per heavy atom. The topological polar surface area (TPSA) is 38.5 Å². The summed E-state index contributed by atoms with van der Waals surface area (Å²) >= 11 is 0. The maximum absolute atomic E-state index is 5.40. The van der Waals surface area contributed by atoms with E-state index in [-0.39, 0.29) is 0 Å². The van der Waals surface area contributed by atoms with Crippen molar-refractivity contribution in [2.24, 2.45) is 5.73 Å². The number of hydrogen-bond donors (Lipinski definition) is 1. The normalized spacial score (nSPS) is 10.3. The van der Waals surface area contributed by atoms with Crippen molar-refractivity contribution in [2.45, 2.75) is 20.4 Å². The Bertz CT molecular complexity index is 403. The highest BCUT2D eigenvalue weighted by molar-refractivity contribution is 5.36. The summed E-state index contributed by atoms with van der Waals surface area (Å²) in [5.41, 5.74) is 7.68. The SMILES string of the molecule is CCOCCN(CC)Cc1ccc(C#CCN)cc1. The molecule has 1 aromatic rings. The Labute approximate surface area is 116 Å². The average molecular weight is 260 g/mol. The molecule has 104 valence electrons.